The van der Waals surface area contributed by atoms with E-state index in [4.69, 9.17) is 0 Å². The third-order valence-electron chi connectivity index (χ3n) is 7.16. The van der Waals surface area contributed by atoms with E-state index in [1.54, 1.807) is 5.57 Å². The molecule has 4 nitrogen and oxygen atoms in total. The van der Waals surface area contributed by atoms with Gasteiger partial charge in [-0.1, -0.05) is 41.5 Å². The molecule has 2 aromatic rings. The molecule has 0 radical (unpaired) electrons. The van der Waals surface area contributed by atoms with Gasteiger partial charge in [-0.15, -0.1) is 0 Å². The topological polar surface area (TPSA) is 42.4 Å². The van der Waals surface area contributed by atoms with Gasteiger partial charge in [-0.2, -0.15) is 0 Å². The Kier molecular flexibility index (Phi) is 7.00. The first kappa shape index (κ1) is 22.6. The van der Waals surface area contributed by atoms with Gasteiger partial charge in [0, 0.05) is 50.0 Å². The second-order valence-electron chi connectivity index (χ2n) is 9.52. The Morgan fingerprint density at radius 3 is 2.31 bits per heavy atom. The zero-order valence-corrected chi connectivity index (χ0v) is 20.2. The highest BCUT2D eigenvalue weighted by Crippen LogP contribution is 2.40. The van der Waals surface area contributed by atoms with Crippen LogP contribution in [0.3, 0.4) is 0 Å². The predicted octanol–water partition coefficient (Wildman–Crippen LogP) is 5.49. The van der Waals surface area contributed by atoms with Gasteiger partial charge >= 0.3 is 0 Å². The summed E-state index contributed by atoms with van der Waals surface area (Å²) in [4.78, 5) is 4.62. The van der Waals surface area contributed by atoms with E-state index < -0.39 is 0 Å². The van der Waals surface area contributed by atoms with Crippen LogP contribution in [0.2, 0.25) is 0 Å². The molecule has 0 unspecified atom stereocenters. The zero-order valence-electron chi connectivity index (χ0n) is 20.2. The molecule has 1 aliphatic heterocycles. The van der Waals surface area contributed by atoms with E-state index in [2.05, 4.69) is 72.4 Å². The normalized spacial score (nSPS) is 17.6. The van der Waals surface area contributed by atoms with E-state index in [9.17, 15) is 5.41 Å². The molecule has 0 amide bonds. The summed E-state index contributed by atoms with van der Waals surface area (Å²) < 4.78 is 0. The molecule has 1 saturated heterocycles. The lowest BCUT2D eigenvalue weighted by Crippen LogP contribution is -2.47. The highest BCUT2D eigenvalue weighted by Gasteiger charge is 2.26. The number of amidine groups is 1. The van der Waals surface area contributed by atoms with Crippen LogP contribution in [0.5, 0.6) is 0 Å². The SMILES string of the molecule is CNc1ccc(C)c(C(=N)N2CCN(C)CC2)c1C1=C(Cc2ccc(C)cc2)CCCC1. The third-order valence-corrected chi connectivity index (χ3v) is 7.16. The van der Waals surface area contributed by atoms with Crippen LogP contribution in [-0.2, 0) is 6.42 Å². The molecule has 0 bridgehead atoms. The van der Waals surface area contributed by atoms with Gasteiger partial charge in [-0.3, -0.25) is 5.41 Å². The van der Waals surface area contributed by atoms with Crippen molar-refractivity contribution in [3.63, 3.8) is 0 Å². The average Bonchev–Trinajstić information content (AvgIpc) is 2.81. The van der Waals surface area contributed by atoms with Gasteiger partial charge in [0.15, 0.2) is 0 Å². The number of hydrogen-bond acceptors (Lipinski definition) is 3. The monoisotopic (exact) mass is 430 g/mol. The minimum atomic E-state index is 0.690. The molecule has 170 valence electrons. The Labute approximate surface area is 193 Å². The van der Waals surface area contributed by atoms with Gasteiger partial charge in [-0.05, 0) is 75.8 Å². The van der Waals surface area contributed by atoms with Crippen LogP contribution in [0, 0.1) is 19.3 Å². The van der Waals surface area contributed by atoms with Gasteiger partial charge in [0.2, 0.25) is 0 Å². The summed E-state index contributed by atoms with van der Waals surface area (Å²) in [6.45, 7) is 8.21. The summed E-state index contributed by atoms with van der Waals surface area (Å²) in [5, 5.41) is 12.7. The molecule has 2 aromatic carbocycles. The third kappa shape index (κ3) is 4.75. The molecule has 0 atom stereocenters. The zero-order chi connectivity index (χ0) is 22.7. The van der Waals surface area contributed by atoms with Crippen molar-refractivity contribution >= 4 is 17.1 Å². The highest BCUT2D eigenvalue weighted by atomic mass is 15.3. The maximum absolute atomic E-state index is 9.23. The molecule has 1 aliphatic carbocycles. The summed E-state index contributed by atoms with van der Waals surface area (Å²) in [5.41, 5.74) is 10.5. The van der Waals surface area contributed by atoms with E-state index in [0.717, 1.165) is 56.7 Å². The van der Waals surface area contributed by atoms with Crippen molar-refractivity contribution in [3.8, 4) is 0 Å². The first-order chi connectivity index (χ1) is 15.5. The maximum Gasteiger partial charge on any atom is 0.129 e. The molecule has 1 fully saturated rings. The predicted molar refractivity (Wildman–Crippen MR) is 137 cm³/mol. The Morgan fingerprint density at radius 1 is 0.938 bits per heavy atom. The Morgan fingerprint density at radius 2 is 1.62 bits per heavy atom. The maximum atomic E-state index is 9.23. The van der Waals surface area contributed by atoms with Crippen LogP contribution in [0.15, 0.2) is 42.0 Å². The van der Waals surface area contributed by atoms with Crippen molar-refractivity contribution in [3.05, 3.63) is 69.8 Å². The molecular weight excluding hydrogens is 392 g/mol. The minimum Gasteiger partial charge on any atom is -0.388 e. The first-order valence-corrected chi connectivity index (χ1v) is 12.1. The number of piperazine rings is 1. The number of anilines is 1. The molecular formula is C28H38N4. The Balaban J connectivity index is 1.79. The molecule has 4 rings (SSSR count). The van der Waals surface area contributed by atoms with Crippen LogP contribution in [-0.4, -0.2) is 55.9 Å². The lowest BCUT2D eigenvalue weighted by Gasteiger charge is -2.36. The smallest absolute Gasteiger partial charge is 0.129 e. The van der Waals surface area contributed by atoms with E-state index in [0.29, 0.717) is 5.84 Å². The van der Waals surface area contributed by atoms with Gasteiger partial charge in [0.1, 0.15) is 5.84 Å². The number of rotatable bonds is 5. The second kappa shape index (κ2) is 9.91. The number of nitrogens with zero attached hydrogens (tertiary/aromatic N) is 2. The molecule has 0 spiro atoms. The van der Waals surface area contributed by atoms with Crippen molar-refractivity contribution in [1.82, 2.24) is 9.80 Å². The Hall–Kier alpha value is -2.59. The summed E-state index contributed by atoms with van der Waals surface area (Å²) in [7, 11) is 4.18. The lowest BCUT2D eigenvalue weighted by atomic mass is 9.81. The summed E-state index contributed by atoms with van der Waals surface area (Å²) >= 11 is 0. The van der Waals surface area contributed by atoms with Gasteiger partial charge < -0.3 is 15.1 Å². The summed E-state index contributed by atoms with van der Waals surface area (Å²) in [6.07, 6.45) is 5.75. The van der Waals surface area contributed by atoms with E-state index >= 15 is 0 Å². The van der Waals surface area contributed by atoms with Crippen molar-refractivity contribution in [2.75, 3.05) is 45.6 Å². The number of benzene rings is 2. The van der Waals surface area contributed by atoms with Gasteiger partial charge in [-0.25, -0.2) is 0 Å². The van der Waals surface area contributed by atoms with Crippen molar-refractivity contribution in [2.24, 2.45) is 0 Å². The quantitative estimate of drug-likeness (QED) is 0.487. The highest BCUT2D eigenvalue weighted by molar-refractivity contribution is 6.05. The molecule has 4 heteroatoms. The standard InChI is InChI=1S/C28H38N4/c1-20-9-12-22(13-10-20)19-23-7-5-6-8-24(23)27-25(30-3)14-11-21(2)26(27)28(29)32-17-15-31(4)16-18-32/h9-14,29-30H,5-8,15-19H2,1-4H3. The Bertz CT molecular complexity index is 995. The van der Waals surface area contributed by atoms with Crippen molar-refractivity contribution in [1.29, 1.82) is 5.41 Å². The first-order valence-electron chi connectivity index (χ1n) is 12.1. The van der Waals surface area contributed by atoms with Crippen LogP contribution in [0.1, 0.15) is 53.5 Å². The number of aryl methyl sites for hydroxylation is 2. The van der Waals surface area contributed by atoms with Gasteiger partial charge in [0.05, 0.1) is 0 Å². The second-order valence-corrected chi connectivity index (χ2v) is 9.52. The van der Waals surface area contributed by atoms with Crippen molar-refractivity contribution in [2.45, 2.75) is 46.0 Å². The largest absolute Gasteiger partial charge is 0.388 e. The fourth-order valence-corrected chi connectivity index (χ4v) is 5.14. The van der Waals surface area contributed by atoms with E-state index in [1.165, 1.54) is 40.7 Å². The summed E-state index contributed by atoms with van der Waals surface area (Å²) in [6, 6.07) is 13.4. The van der Waals surface area contributed by atoms with Crippen LogP contribution in [0.25, 0.3) is 5.57 Å². The van der Waals surface area contributed by atoms with Crippen LogP contribution >= 0.6 is 0 Å². The van der Waals surface area contributed by atoms with Crippen molar-refractivity contribution < 1.29 is 0 Å². The molecule has 0 aromatic heterocycles. The van der Waals surface area contributed by atoms with Crippen LogP contribution in [0.4, 0.5) is 5.69 Å². The summed E-state index contributed by atoms with van der Waals surface area (Å²) in [5.74, 6) is 0.690. The lowest BCUT2D eigenvalue weighted by molar-refractivity contribution is 0.215. The fraction of sp³-hybridized carbons (Fsp3) is 0.464. The molecule has 0 saturated carbocycles. The fourth-order valence-electron chi connectivity index (χ4n) is 5.14. The van der Waals surface area contributed by atoms with E-state index in [1.807, 2.05) is 7.05 Å². The minimum absolute atomic E-state index is 0.690. The van der Waals surface area contributed by atoms with Gasteiger partial charge in [0.25, 0.3) is 0 Å². The number of likely N-dealkylation sites (N-methyl/N-ethyl adjacent to an activating group) is 1. The van der Waals surface area contributed by atoms with E-state index in [-0.39, 0.29) is 0 Å². The molecule has 2 aliphatic rings. The van der Waals surface area contributed by atoms with Crippen LogP contribution < -0.4 is 5.32 Å². The average molecular weight is 431 g/mol. The number of nitrogens with one attached hydrogen (secondary N) is 2. The molecule has 2 N–H and O–H groups in total. The number of allylic oxidation sites excluding steroid dienone is 2. The molecule has 32 heavy (non-hydrogen) atoms. The number of hydrogen-bond donors (Lipinski definition) is 2. The molecule has 1 heterocycles.